The summed E-state index contributed by atoms with van der Waals surface area (Å²) in [5, 5.41) is 2.15. The number of anilines is 1. The third-order valence-electron chi connectivity index (χ3n) is 2.05. The fraction of sp³-hybridized carbons (Fsp3) is 0.0909. The van der Waals surface area contributed by atoms with Crippen LogP contribution in [0.2, 0.25) is 0 Å². The first-order chi connectivity index (χ1) is 8.16. The molecule has 0 aliphatic heterocycles. The molecule has 17 heavy (non-hydrogen) atoms. The van der Waals surface area contributed by atoms with E-state index in [1.165, 1.54) is 18.7 Å². The minimum atomic E-state index is -0.821. The molecular weight excluding hydrogens is 230 g/mol. The van der Waals surface area contributed by atoms with Gasteiger partial charge in [0.25, 0.3) is 0 Å². The average Bonchev–Trinajstić information content (AvgIpc) is 2.76. The number of benzene rings is 1. The Morgan fingerprint density at radius 1 is 1.35 bits per heavy atom. The third kappa shape index (κ3) is 2.66. The lowest BCUT2D eigenvalue weighted by Crippen LogP contribution is -2.16. The minimum Gasteiger partial charge on any atom is -0.451 e. The highest BCUT2D eigenvalue weighted by Crippen LogP contribution is 2.18. The van der Waals surface area contributed by atoms with Crippen LogP contribution in [-0.2, 0) is 11.2 Å². The number of nitrogens with one attached hydrogen (secondary N) is 1. The van der Waals surface area contributed by atoms with Gasteiger partial charge in [-0.15, -0.1) is 0 Å². The lowest BCUT2D eigenvalue weighted by Gasteiger charge is -2.06. The van der Waals surface area contributed by atoms with Gasteiger partial charge in [-0.25, -0.2) is 13.8 Å². The van der Waals surface area contributed by atoms with Gasteiger partial charge >= 0.3 is 0 Å². The predicted octanol–water partition coefficient (Wildman–Crippen LogP) is 2.13. The van der Waals surface area contributed by atoms with Gasteiger partial charge < -0.3 is 9.73 Å². The van der Waals surface area contributed by atoms with Crippen LogP contribution in [0.4, 0.5) is 14.5 Å². The zero-order chi connectivity index (χ0) is 12.3. The molecule has 2 aromatic rings. The van der Waals surface area contributed by atoms with Gasteiger partial charge in [-0.05, 0) is 12.1 Å². The average molecular weight is 238 g/mol. The van der Waals surface area contributed by atoms with Crippen LogP contribution >= 0.6 is 0 Å². The van der Waals surface area contributed by atoms with Gasteiger partial charge in [0.2, 0.25) is 5.91 Å². The summed E-state index contributed by atoms with van der Waals surface area (Å²) >= 11 is 0. The van der Waals surface area contributed by atoms with Crippen molar-refractivity contribution in [2.24, 2.45) is 0 Å². The van der Waals surface area contributed by atoms with Gasteiger partial charge in [0.05, 0.1) is 12.1 Å². The van der Waals surface area contributed by atoms with Gasteiger partial charge in [0.1, 0.15) is 23.6 Å². The van der Waals surface area contributed by atoms with Gasteiger partial charge in [-0.1, -0.05) is 6.07 Å². The maximum absolute atomic E-state index is 13.2. The number of carbonyl (C=O) groups excluding carboxylic acids is 1. The van der Waals surface area contributed by atoms with Gasteiger partial charge in [0.15, 0.2) is 6.39 Å². The second kappa shape index (κ2) is 4.73. The Bertz CT molecular complexity index is 506. The van der Waals surface area contributed by atoms with E-state index in [0.717, 1.165) is 12.1 Å². The Morgan fingerprint density at radius 2 is 2.06 bits per heavy atom. The molecule has 0 saturated carbocycles. The Hall–Kier alpha value is -2.24. The summed E-state index contributed by atoms with van der Waals surface area (Å²) < 4.78 is 31.1. The molecule has 2 rings (SSSR count). The van der Waals surface area contributed by atoms with E-state index in [-0.39, 0.29) is 6.42 Å². The van der Waals surface area contributed by atoms with Crippen molar-refractivity contribution >= 4 is 11.6 Å². The molecule has 6 heteroatoms. The normalized spacial score (nSPS) is 10.2. The van der Waals surface area contributed by atoms with Gasteiger partial charge in [0, 0.05) is 0 Å². The molecule has 0 radical (unpaired) electrons. The summed E-state index contributed by atoms with van der Waals surface area (Å²) in [6.07, 6.45) is 2.36. The largest absolute Gasteiger partial charge is 0.451 e. The van der Waals surface area contributed by atoms with Crippen LogP contribution in [0.25, 0.3) is 0 Å². The van der Waals surface area contributed by atoms with E-state index in [0.29, 0.717) is 5.69 Å². The predicted molar refractivity (Wildman–Crippen MR) is 55.2 cm³/mol. The highest BCUT2D eigenvalue weighted by atomic mass is 19.1. The van der Waals surface area contributed by atoms with Crippen LogP contribution in [0.15, 0.2) is 35.3 Å². The number of aromatic nitrogens is 1. The van der Waals surface area contributed by atoms with Crippen LogP contribution in [0.1, 0.15) is 5.69 Å². The molecule has 88 valence electrons. The lowest BCUT2D eigenvalue weighted by molar-refractivity contribution is -0.115. The summed E-state index contributed by atoms with van der Waals surface area (Å²) in [6.45, 7) is 0. The molecule has 0 aliphatic carbocycles. The van der Waals surface area contributed by atoms with Crippen molar-refractivity contribution in [1.29, 1.82) is 0 Å². The van der Waals surface area contributed by atoms with Crippen molar-refractivity contribution in [2.75, 3.05) is 5.32 Å². The zero-order valence-corrected chi connectivity index (χ0v) is 8.61. The van der Waals surface area contributed by atoms with Crippen LogP contribution in [0, 0.1) is 11.6 Å². The SMILES string of the molecule is O=C(Cc1cocn1)Nc1c(F)cccc1F. The van der Waals surface area contributed by atoms with Crippen molar-refractivity contribution in [3.05, 3.63) is 48.2 Å². The van der Waals surface area contributed by atoms with E-state index in [1.807, 2.05) is 0 Å². The maximum atomic E-state index is 13.2. The summed E-state index contributed by atoms with van der Waals surface area (Å²) in [5.74, 6) is -2.21. The molecule has 0 unspecified atom stereocenters. The monoisotopic (exact) mass is 238 g/mol. The highest BCUT2D eigenvalue weighted by molar-refractivity contribution is 5.92. The van der Waals surface area contributed by atoms with E-state index < -0.39 is 23.2 Å². The van der Waals surface area contributed by atoms with Crippen LogP contribution in [-0.4, -0.2) is 10.9 Å². The van der Waals surface area contributed by atoms with Crippen LogP contribution in [0.3, 0.4) is 0 Å². The third-order valence-corrected chi connectivity index (χ3v) is 2.05. The van der Waals surface area contributed by atoms with Crippen molar-refractivity contribution < 1.29 is 18.0 Å². The standard InChI is InChI=1S/C11H8F2N2O2/c12-8-2-1-3-9(13)11(8)15-10(16)4-7-5-17-6-14-7/h1-3,5-6H,4H2,(H,15,16). The van der Waals surface area contributed by atoms with Crippen molar-refractivity contribution in [3.63, 3.8) is 0 Å². The van der Waals surface area contributed by atoms with E-state index in [1.54, 1.807) is 0 Å². The molecule has 0 saturated heterocycles. The summed E-state index contributed by atoms with van der Waals surface area (Å²) in [7, 11) is 0. The molecule has 0 atom stereocenters. The van der Waals surface area contributed by atoms with E-state index >= 15 is 0 Å². The number of oxazole rings is 1. The van der Waals surface area contributed by atoms with Crippen molar-refractivity contribution in [2.45, 2.75) is 6.42 Å². The smallest absolute Gasteiger partial charge is 0.230 e. The minimum absolute atomic E-state index is 0.107. The molecule has 0 bridgehead atoms. The molecule has 1 aromatic heterocycles. The molecule has 1 amide bonds. The Labute approximate surface area is 95.3 Å². The highest BCUT2D eigenvalue weighted by Gasteiger charge is 2.12. The van der Waals surface area contributed by atoms with Gasteiger partial charge in [-0.3, -0.25) is 4.79 Å². The summed E-state index contributed by atoms with van der Waals surface area (Å²) in [4.78, 5) is 15.2. The molecule has 4 nitrogen and oxygen atoms in total. The number of carbonyl (C=O) groups is 1. The number of rotatable bonds is 3. The Kier molecular flexibility index (Phi) is 3.13. The number of hydrogen-bond acceptors (Lipinski definition) is 3. The Morgan fingerprint density at radius 3 is 2.65 bits per heavy atom. The van der Waals surface area contributed by atoms with Crippen LogP contribution in [0.5, 0.6) is 0 Å². The summed E-state index contributed by atoms with van der Waals surface area (Å²) in [5.41, 5.74) is -0.0692. The lowest BCUT2D eigenvalue weighted by atomic mass is 10.2. The molecule has 0 fully saturated rings. The van der Waals surface area contributed by atoms with Crippen molar-refractivity contribution in [1.82, 2.24) is 4.98 Å². The second-order valence-corrected chi connectivity index (χ2v) is 3.30. The molecule has 0 aliphatic rings. The first-order valence-electron chi connectivity index (χ1n) is 4.78. The van der Waals surface area contributed by atoms with E-state index in [9.17, 15) is 13.6 Å². The zero-order valence-electron chi connectivity index (χ0n) is 8.61. The number of halogens is 2. The van der Waals surface area contributed by atoms with E-state index in [4.69, 9.17) is 0 Å². The van der Waals surface area contributed by atoms with E-state index in [2.05, 4.69) is 14.7 Å². The second-order valence-electron chi connectivity index (χ2n) is 3.30. The first-order valence-corrected chi connectivity index (χ1v) is 4.78. The molecule has 1 heterocycles. The number of para-hydroxylation sites is 1. The number of nitrogens with zero attached hydrogens (tertiary/aromatic N) is 1. The Balaban J connectivity index is 2.08. The fourth-order valence-electron chi connectivity index (χ4n) is 1.29. The quantitative estimate of drug-likeness (QED) is 0.891. The summed E-state index contributed by atoms with van der Waals surface area (Å²) in [6, 6.07) is 3.35. The molecule has 0 spiro atoms. The van der Waals surface area contributed by atoms with Crippen LogP contribution < -0.4 is 5.32 Å². The number of hydrogen-bond donors (Lipinski definition) is 1. The maximum Gasteiger partial charge on any atom is 0.230 e. The molecular formula is C11H8F2N2O2. The van der Waals surface area contributed by atoms with Crippen molar-refractivity contribution in [3.8, 4) is 0 Å². The fourth-order valence-corrected chi connectivity index (χ4v) is 1.29. The molecule has 1 N–H and O–H groups in total. The number of amides is 1. The first kappa shape index (κ1) is 11.3. The topological polar surface area (TPSA) is 55.1 Å². The molecule has 1 aromatic carbocycles. The van der Waals surface area contributed by atoms with Gasteiger partial charge in [-0.2, -0.15) is 0 Å².